The molecule has 0 amide bonds. The summed E-state index contributed by atoms with van der Waals surface area (Å²) in [7, 11) is -2.74. The van der Waals surface area contributed by atoms with E-state index in [1.54, 1.807) is 7.85 Å². The fourth-order valence-corrected chi connectivity index (χ4v) is 0.580. The SMILES string of the molecule is BC(N)COS(=O)(=O)O. The lowest BCUT2D eigenvalue weighted by Gasteiger charge is -2.01. The van der Waals surface area contributed by atoms with Crippen LogP contribution in [0.25, 0.3) is 0 Å². The van der Waals surface area contributed by atoms with Crippen LogP contribution in [-0.4, -0.2) is 33.4 Å². The summed E-state index contributed by atoms with van der Waals surface area (Å²) in [5, 5.41) is 0. The van der Waals surface area contributed by atoms with Gasteiger partial charge in [-0.3, -0.25) is 4.55 Å². The van der Waals surface area contributed by atoms with Gasteiger partial charge in [-0.25, -0.2) is 4.18 Å². The van der Waals surface area contributed by atoms with E-state index in [1.807, 2.05) is 0 Å². The van der Waals surface area contributed by atoms with Crippen molar-refractivity contribution in [2.24, 2.45) is 5.73 Å². The van der Waals surface area contributed by atoms with E-state index in [-0.39, 0.29) is 6.61 Å². The molecule has 1 atom stereocenters. The van der Waals surface area contributed by atoms with Gasteiger partial charge in [0.25, 0.3) is 0 Å². The lowest BCUT2D eigenvalue weighted by Crippen LogP contribution is -2.27. The van der Waals surface area contributed by atoms with Gasteiger partial charge in [-0.1, -0.05) is 0 Å². The average Bonchev–Trinajstić information content (AvgIpc) is 1.59. The van der Waals surface area contributed by atoms with Crippen LogP contribution < -0.4 is 5.73 Å². The van der Waals surface area contributed by atoms with Crippen LogP contribution in [0.15, 0.2) is 0 Å². The Labute approximate surface area is 54.5 Å². The summed E-state index contributed by atoms with van der Waals surface area (Å²) in [5.74, 6) is -0.396. The number of hydrogen-bond acceptors (Lipinski definition) is 4. The monoisotopic (exact) mass is 153 g/mol. The smallest absolute Gasteiger partial charge is 0.333 e. The molecule has 0 aliphatic carbocycles. The molecule has 0 aromatic heterocycles. The summed E-state index contributed by atoms with van der Waals surface area (Å²) in [4.78, 5) is 0. The third kappa shape index (κ3) is 7.89. The third-order valence-corrected chi connectivity index (χ3v) is 0.914. The Hall–Kier alpha value is -0.105. The van der Waals surface area contributed by atoms with E-state index in [4.69, 9.17) is 10.3 Å². The van der Waals surface area contributed by atoms with Gasteiger partial charge in [-0.05, 0) is 5.94 Å². The molecule has 0 spiro atoms. The Bertz CT molecular complexity index is 163. The van der Waals surface area contributed by atoms with Crippen LogP contribution >= 0.6 is 0 Å². The van der Waals surface area contributed by atoms with Crippen molar-refractivity contribution < 1.29 is 17.2 Å². The molecule has 0 fully saturated rings. The van der Waals surface area contributed by atoms with Crippen LogP contribution in [0.3, 0.4) is 0 Å². The van der Waals surface area contributed by atoms with E-state index < -0.39 is 16.3 Å². The molecule has 0 radical (unpaired) electrons. The van der Waals surface area contributed by atoms with Crippen LogP contribution in [0.2, 0.25) is 0 Å². The van der Waals surface area contributed by atoms with Gasteiger partial charge in [-0.15, -0.1) is 0 Å². The minimum Gasteiger partial charge on any atom is -0.333 e. The van der Waals surface area contributed by atoms with Gasteiger partial charge in [0.15, 0.2) is 0 Å². The second kappa shape index (κ2) is 3.16. The van der Waals surface area contributed by atoms with Crippen LogP contribution in [0, 0.1) is 0 Å². The Kier molecular flexibility index (Phi) is 3.13. The van der Waals surface area contributed by atoms with Crippen LogP contribution in [0.1, 0.15) is 0 Å². The molecule has 0 saturated heterocycles. The molecule has 54 valence electrons. The van der Waals surface area contributed by atoms with Crippen molar-refractivity contribution in [1.82, 2.24) is 0 Å². The Morgan fingerprint density at radius 1 is 1.78 bits per heavy atom. The van der Waals surface area contributed by atoms with E-state index in [9.17, 15) is 8.42 Å². The quantitative estimate of drug-likeness (QED) is 0.352. The second-order valence-electron chi connectivity index (χ2n) is 1.69. The Morgan fingerprint density at radius 3 is 2.33 bits per heavy atom. The topological polar surface area (TPSA) is 89.6 Å². The molecule has 0 aliphatic heterocycles. The van der Waals surface area contributed by atoms with Gasteiger partial charge in [0, 0.05) is 0 Å². The van der Waals surface area contributed by atoms with E-state index >= 15 is 0 Å². The summed E-state index contributed by atoms with van der Waals surface area (Å²) >= 11 is 0. The van der Waals surface area contributed by atoms with Crippen molar-refractivity contribution in [2.75, 3.05) is 6.61 Å². The first kappa shape index (κ1) is 8.89. The molecule has 1 unspecified atom stereocenters. The summed E-state index contributed by atoms with van der Waals surface area (Å²) < 4.78 is 31.5. The molecule has 5 nitrogen and oxygen atoms in total. The highest BCUT2D eigenvalue weighted by molar-refractivity contribution is 7.80. The van der Waals surface area contributed by atoms with Crippen molar-refractivity contribution in [3.8, 4) is 0 Å². The minimum atomic E-state index is -4.30. The summed E-state index contributed by atoms with van der Waals surface area (Å²) in [6, 6.07) is 0. The fourth-order valence-electron chi connectivity index (χ4n) is 0.193. The summed E-state index contributed by atoms with van der Waals surface area (Å²) in [6.07, 6.45) is 0. The van der Waals surface area contributed by atoms with Crippen molar-refractivity contribution in [3.05, 3.63) is 0 Å². The maximum absolute atomic E-state index is 9.81. The molecule has 0 aromatic carbocycles. The normalized spacial score (nSPS) is 15.3. The molecule has 9 heavy (non-hydrogen) atoms. The highest BCUT2D eigenvalue weighted by Crippen LogP contribution is 1.84. The van der Waals surface area contributed by atoms with Gasteiger partial charge in [0.1, 0.15) is 7.85 Å². The first-order valence-electron chi connectivity index (χ1n) is 2.29. The van der Waals surface area contributed by atoms with Gasteiger partial charge in [-0.2, -0.15) is 8.42 Å². The molecule has 0 rings (SSSR count). The van der Waals surface area contributed by atoms with Gasteiger partial charge < -0.3 is 5.73 Å². The van der Waals surface area contributed by atoms with Gasteiger partial charge in [0.2, 0.25) is 0 Å². The van der Waals surface area contributed by atoms with E-state index in [0.29, 0.717) is 0 Å². The molecule has 0 saturated carbocycles. The fraction of sp³-hybridized carbons (Fsp3) is 1.00. The lowest BCUT2D eigenvalue weighted by atomic mass is 10.00. The maximum atomic E-state index is 9.81. The largest absolute Gasteiger partial charge is 0.397 e. The molecular weight excluding hydrogens is 145 g/mol. The highest BCUT2D eigenvalue weighted by atomic mass is 32.3. The van der Waals surface area contributed by atoms with Crippen molar-refractivity contribution in [2.45, 2.75) is 5.94 Å². The van der Waals surface area contributed by atoms with E-state index in [2.05, 4.69) is 4.18 Å². The minimum absolute atomic E-state index is 0.196. The molecule has 7 heteroatoms. The number of rotatable bonds is 3. The Balaban J connectivity index is 3.53. The van der Waals surface area contributed by atoms with Gasteiger partial charge >= 0.3 is 10.4 Å². The highest BCUT2D eigenvalue weighted by Gasteiger charge is 2.04. The zero-order valence-corrected chi connectivity index (χ0v) is 5.76. The molecule has 3 N–H and O–H groups in total. The van der Waals surface area contributed by atoms with Gasteiger partial charge in [0.05, 0.1) is 6.61 Å². The van der Waals surface area contributed by atoms with Crippen molar-refractivity contribution in [3.63, 3.8) is 0 Å². The molecule has 0 heterocycles. The second-order valence-corrected chi connectivity index (χ2v) is 2.78. The van der Waals surface area contributed by atoms with Crippen molar-refractivity contribution in [1.29, 1.82) is 0 Å². The lowest BCUT2D eigenvalue weighted by molar-refractivity contribution is 0.268. The maximum Gasteiger partial charge on any atom is 0.397 e. The third-order valence-electron chi connectivity index (χ3n) is 0.480. The summed E-state index contributed by atoms with van der Waals surface area (Å²) in [6.45, 7) is -0.196. The zero-order chi connectivity index (χ0) is 7.49. The molecule has 0 bridgehead atoms. The van der Waals surface area contributed by atoms with E-state index in [1.165, 1.54) is 0 Å². The summed E-state index contributed by atoms with van der Waals surface area (Å²) in [5.41, 5.74) is 5.10. The first-order chi connectivity index (χ1) is 3.92. The molecule has 0 aliphatic rings. The predicted molar refractivity (Wildman–Crippen MR) is 34.0 cm³/mol. The zero-order valence-electron chi connectivity index (χ0n) is 4.94. The van der Waals surface area contributed by atoms with Crippen molar-refractivity contribution >= 4 is 18.2 Å². The van der Waals surface area contributed by atoms with Crippen LogP contribution in [-0.2, 0) is 14.6 Å². The number of hydrogen-bond donors (Lipinski definition) is 2. The Morgan fingerprint density at radius 2 is 2.22 bits per heavy atom. The molecule has 0 aromatic rings. The predicted octanol–water partition coefficient (Wildman–Crippen LogP) is -2.28. The van der Waals surface area contributed by atoms with Crippen LogP contribution in [0.5, 0.6) is 0 Å². The average molecular weight is 153 g/mol. The number of nitrogens with two attached hydrogens (primary N) is 1. The first-order valence-corrected chi connectivity index (χ1v) is 3.66. The molecular formula is C2H8BNO4S. The van der Waals surface area contributed by atoms with Crippen LogP contribution in [0.4, 0.5) is 0 Å². The standard InChI is InChI=1S/C2H8BNO4S/c3-2(4)1-8-9(5,6)7/h2H,1,3-4H2,(H,5,6,7). The van der Waals surface area contributed by atoms with E-state index in [0.717, 1.165) is 0 Å².